The highest BCUT2D eigenvalue weighted by Crippen LogP contribution is 2.16. The van der Waals surface area contributed by atoms with Crippen LogP contribution >= 0.6 is 0 Å². The van der Waals surface area contributed by atoms with Crippen LogP contribution in [-0.2, 0) is 0 Å². The molecule has 1 aliphatic heterocycles. The summed E-state index contributed by atoms with van der Waals surface area (Å²) in [5, 5.41) is 12.9. The van der Waals surface area contributed by atoms with E-state index in [1.807, 2.05) is 30.3 Å². The number of nitrogens with zero attached hydrogens (tertiary/aromatic N) is 2. The number of para-hydroxylation sites is 1. The van der Waals surface area contributed by atoms with E-state index in [9.17, 15) is 14.3 Å². The minimum absolute atomic E-state index is 0.189. The Balaban J connectivity index is 1.48. The first-order valence-electron chi connectivity index (χ1n) is 8.39. The molecular weight excluding hydrogens is 321 g/mol. The summed E-state index contributed by atoms with van der Waals surface area (Å²) in [6.45, 7) is 2.97. The molecule has 0 radical (unpaired) electrons. The summed E-state index contributed by atoms with van der Waals surface area (Å²) < 4.78 is 13.6. The van der Waals surface area contributed by atoms with Crippen LogP contribution in [0.25, 0.3) is 0 Å². The van der Waals surface area contributed by atoms with Gasteiger partial charge in [0.1, 0.15) is 5.82 Å². The number of carbonyl (C=O) groups is 1. The smallest absolute Gasteiger partial charge is 0.322 e. The van der Waals surface area contributed by atoms with E-state index in [0.29, 0.717) is 32.7 Å². The monoisotopic (exact) mass is 343 g/mol. The number of aliphatic hydroxyl groups excluding tert-OH is 1. The topological polar surface area (TPSA) is 55.8 Å². The summed E-state index contributed by atoms with van der Waals surface area (Å²) in [6, 6.07) is 15.4. The number of hydrogen-bond acceptors (Lipinski definition) is 3. The fourth-order valence-corrected chi connectivity index (χ4v) is 2.92. The Morgan fingerprint density at radius 3 is 2.36 bits per heavy atom. The van der Waals surface area contributed by atoms with E-state index in [-0.39, 0.29) is 11.7 Å². The molecule has 25 heavy (non-hydrogen) atoms. The van der Waals surface area contributed by atoms with Crippen LogP contribution in [-0.4, -0.2) is 53.7 Å². The van der Waals surface area contributed by atoms with Gasteiger partial charge in [0.2, 0.25) is 0 Å². The maximum Gasteiger partial charge on any atom is 0.322 e. The number of rotatable bonds is 4. The summed E-state index contributed by atoms with van der Waals surface area (Å²) in [5.41, 5.74) is 1.08. The second kappa shape index (κ2) is 8.09. The molecule has 1 saturated heterocycles. The van der Waals surface area contributed by atoms with E-state index < -0.39 is 11.9 Å². The maximum absolute atomic E-state index is 13.6. The second-order valence-corrected chi connectivity index (χ2v) is 6.12. The predicted octanol–water partition coefficient (Wildman–Crippen LogP) is 2.71. The molecule has 1 atom stereocenters. The Hall–Kier alpha value is -2.44. The summed E-state index contributed by atoms with van der Waals surface area (Å²) in [5.74, 6) is -0.444. The highest BCUT2D eigenvalue weighted by Gasteiger charge is 2.23. The number of aliphatic hydroxyl groups is 1. The van der Waals surface area contributed by atoms with Crippen LogP contribution in [0.5, 0.6) is 0 Å². The summed E-state index contributed by atoms with van der Waals surface area (Å²) in [4.78, 5) is 16.0. The molecule has 3 rings (SSSR count). The minimum atomic E-state index is -0.542. The second-order valence-electron chi connectivity index (χ2n) is 6.12. The number of amides is 2. The van der Waals surface area contributed by atoms with Gasteiger partial charge in [-0.25, -0.2) is 9.18 Å². The molecular formula is C19H22FN3O2. The Morgan fingerprint density at radius 1 is 1.04 bits per heavy atom. The largest absolute Gasteiger partial charge is 0.387 e. The zero-order valence-corrected chi connectivity index (χ0v) is 13.9. The number of halogens is 1. The Morgan fingerprint density at radius 2 is 1.68 bits per heavy atom. The molecule has 5 nitrogen and oxygen atoms in total. The van der Waals surface area contributed by atoms with E-state index >= 15 is 0 Å². The van der Waals surface area contributed by atoms with Crippen molar-refractivity contribution >= 4 is 11.7 Å². The van der Waals surface area contributed by atoms with Crippen LogP contribution < -0.4 is 5.32 Å². The predicted molar refractivity (Wildman–Crippen MR) is 94.8 cm³/mol. The van der Waals surface area contributed by atoms with Crippen molar-refractivity contribution < 1.29 is 14.3 Å². The number of carbonyl (C=O) groups excluding carboxylic acids is 1. The van der Waals surface area contributed by atoms with Crippen LogP contribution in [0.1, 0.15) is 11.7 Å². The summed E-state index contributed by atoms with van der Waals surface area (Å²) >= 11 is 0. The molecule has 1 aliphatic rings. The van der Waals surface area contributed by atoms with Gasteiger partial charge in [-0.15, -0.1) is 0 Å². The van der Waals surface area contributed by atoms with Crippen LogP contribution in [0, 0.1) is 5.82 Å². The lowest BCUT2D eigenvalue weighted by Crippen LogP contribution is -2.50. The molecule has 0 spiro atoms. The fraction of sp³-hybridized carbons (Fsp3) is 0.316. The Bertz CT molecular complexity index is 703. The van der Waals surface area contributed by atoms with Crippen LogP contribution in [0.15, 0.2) is 54.6 Å². The third-order valence-electron chi connectivity index (χ3n) is 4.39. The van der Waals surface area contributed by atoms with Gasteiger partial charge >= 0.3 is 6.03 Å². The van der Waals surface area contributed by atoms with Gasteiger partial charge in [0.05, 0.1) is 11.8 Å². The molecule has 0 saturated carbocycles. The molecule has 2 aromatic carbocycles. The fourth-order valence-electron chi connectivity index (χ4n) is 2.92. The van der Waals surface area contributed by atoms with Crippen LogP contribution in [0.3, 0.4) is 0 Å². The third-order valence-corrected chi connectivity index (χ3v) is 4.39. The zero-order valence-electron chi connectivity index (χ0n) is 13.9. The van der Waals surface area contributed by atoms with Gasteiger partial charge in [-0.05, 0) is 17.7 Å². The molecule has 1 fully saturated rings. The van der Waals surface area contributed by atoms with Gasteiger partial charge in [-0.2, -0.15) is 0 Å². The van der Waals surface area contributed by atoms with Gasteiger partial charge in [0.15, 0.2) is 0 Å². The molecule has 2 amide bonds. The van der Waals surface area contributed by atoms with Gasteiger partial charge < -0.3 is 15.3 Å². The molecule has 0 unspecified atom stereocenters. The highest BCUT2D eigenvalue weighted by atomic mass is 19.1. The average Bonchev–Trinajstić information content (AvgIpc) is 2.65. The van der Waals surface area contributed by atoms with E-state index in [0.717, 1.165) is 5.56 Å². The van der Waals surface area contributed by atoms with Crippen molar-refractivity contribution in [2.75, 3.05) is 38.0 Å². The lowest BCUT2D eigenvalue weighted by molar-refractivity contribution is 0.0831. The first-order chi connectivity index (χ1) is 12.1. The Kier molecular flexibility index (Phi) is 5.63. The number of hydrogen-bond donors (Lipinski definition) is 2. The summed E-state index contributed by atoms with van der Waals surface area (Å²) in [6.07, 6.45) is -0.542. The average molecular weight is 343 g/mol. The van der Waals surface area contributed by atoms with Crippen molar-refractivity contribution in [3.05, 3.63) is 66.0 Å². The number of anilines is 1. The molecule has 1 heterocycles. The number of nitrogens with one attached hydrogen (secondary N) is 1. The molecule has 2 N–H and O–H groups in total. The lowest BCUT2D eigenvalue weighted by Gasteiger charge is -2.35. The zero-order chi connectivity index (χ0) is 17.6. The molecule has 0 aromatic heterocycles. The van der Waals surface area contributed by atoms with E-state index in [4.69, 9.17) is 0 Å². The molecule has 6 heteroatoms. The quantitative estimate of drug-likeness (QED) is 0.897. The number of urea groups is 1. The number of β-amino-alcohol motifs (C(OH)–C–C–N with tert-alkyl or cyclic N) is 1. The van der Waals surface area contributed by atoms with E-state index in [1.165, 1.54) is 6.07 Å². The standard InChI is InChI=1S/C19H22FN3O2/c20-16-8-4-5-9-17(16)21-19(25)23-12-10-22(11-13-23)14-18(24)15-6-2-1-3-7-15/h1-9,18,24H,10-14H2,(H,21,25)/t18-/m0/s1. The molecule has 0 bridgehead atoms. The molecule has 132 valence electrons. The van der Waals surface area contributed by atoms with Gasteiger partial charge in [-0.3, -0.25) is 4.90 Å². The highest BCUT2D eigenvalue weighted by molar-refractivity contribution is 5.89. The van der Waals surface area contributed by atoms with Crippen molar-refractivity contribution in [1.29, 1.82) is 0 Å². The number of piperazine rings is 1. The van der Waals surface area contributed by atoms with Crippen LogP contribution in [0.4, 0.5) is 14.9 Å². The van der Waals surface area contributed by atoms with Crippen molar-refractivity contribution in [2.45, 2.75) is 6.10 Å². The normalized spacial score (nSPS) is 16.5. The van der Waals surface area contributed by atoms with Crippen molar-refractivity contribution in [3.8, 4) is 0 Å². The first-order valence-corrected chi connectivity index (χ1v) is 8.39. The Labute approximate surface area is 146 Å². The van der Waals surface area contributed by atoms with Gasteiger partial charge in [-0.1, -0.05) is 42.5 Å². The van der Waals surface area contributed by atoms with Crippen molar-refractivity contribution in [1.82, 2.24) is 9.80 Å². The number of benzene rings is 2. The summed E-state index contributed by atoms with van der Waals surface area (Å²) in [7, 11) is 0. The van der Waals surface area contributed by atoms with Gasteiger partial charge in [0.25, 0.3) is 0 Å². The van der Waals surface area contributed by atoms with E-state index in [1.54, 1.807) is 23.1 Å². The van der Waals surface area contributed by atoms with E-state index in [2.05, 4.69) is 10.2 Å². The minimum Gasteiger partial charge on any atom is -0.387 e. The molecule has 0 aliphatic carbocycles. The maximum atomic E-state index is 13.6. The SMILES string of the molecule is O=C(Nc1ccccc1F)N1CCN(C[C@H](O)c2ccccc2)CC1. The third kappa shape index (κ3) is 4.55. The van der Waals surface area contributed by atoms with Crippen LogP contribution in [0.2, 0.25) is 0 Å². The van der Waals surface area contributed by atoms with Crippen molar-refractivity contribution in [3.63, 3.8) is 0 Å². The molecule has 2 aromatic rings. The van der Waals surface area contributed by atoms with Gasteiger partial charge in [0, 0.05) is 32.7 Å². The van der Waals surface area contributed by atoms with Crippen molar-refractivity contribution in [2.24, 2.45) is 0 Å². The lowest BCUT2D eigenvalue weighted by atomic mass is 10.1. The first kappa shape index (κ1) is 17.4.